The van der Waals surface area contributed by atoms with Crippen LogP contribution in [0.3, 0.4) is 0 Å². The summed E-state index contributed by atoms with van der Waals surface area (Å²) in [5, 5.41) is 3.22. The molecule has 1 heterocycles. The van der Waals surface area contributed by atoms with Gasteiger partial charge in [-0.2, -0.15) is 0 Å². The fourth-order valence-corrected chi connectivity index (χ4v) is 1.76. The first-order valence-electron chi connectivity index (χ1n) is 5.08. The minimum atomic E-state index is -3.07. The van der Waals surface area contributed by atoms with Crippen LogP contribution >= 0.6 is 0 Å². The van der Waals surface area contributed by atoms with Crippen LogP contribution < -0.4 is 10.0 Å². The van der Waals surface area contributed by atoms with Crippen molar-refractivity contribution >= 4 is 15.7 Å². The maximum atomic E-state index is 10.8. The lowest BCUT2D eigenvalue weighted by Gasteiger charge is -2.08. The number of sulfonamides is 1. The van der Waals surface area contributed by atoms with Crippen molar-refractivity contribution in [2.45, 2.75) is 13.3 Å². The summed E-state index contributed by atoms with van der Waals surface area (Å²) >= 11 is 0. The van der Waals surface area contributed by atoms with Crippen LogP contribution in [0.2, 0.25) is 0 Å². The third-order valence-electron chi connectivity index (χ3n) is 2.05. The molecule has 2 N–H and O–H groups in total. The molecule has 1 aromatic rings. The summed E-state index contributed by atoms with van der Waals surface area (Å²) in [7, 11) is -3.07. The van der Waals surface area contributed by atoms with E-state index in [1.54, 1.807) is 12.4 Å². The van der Waals surface area contributed by atoms with Gasteiger partial charge in [-0.05, 0) is 25.0 Å². The quantitative estimate of drug-likeness (QED) is 0.723. The van der Waals surface area contributed by atoms with E-state index in [-0.39, 0.29) is 0 Å². The van der Waals surface area contributed by atoms with Crippen LogP contribution in [0.25, 0.3) is 0 Å². The van der Waals surface area contributed by atoms with Gasteiger partial charge in [-0.25, -0.2) is 13.1 Å². The fourth-order valence-electron chi connectivity index (χ4n) is 1.24. The Morgan fingerprint density at radius 2 is 2.12 bits per heavy atom. The van der Waals surface area contributed by atoms with E-state index < -0.39 is 10.0 Å². The van der Waals surface area contributed by atoms with Gasteiger partial charge < -0.3 is 5.32 Å². The van der Waals surface area contributed by atoms with Crippen LogP contribution in [-0.2, 0) is 10.0 Å². The van der Waals surface area contributed by atoms with E-state index in [0.29, 0.717) is 6.54 Å². The molecular weight excluding hydrogens is 226 g/mol. The van der Waals surface area contributed by atoms with Crippen molar-refractivity contribution in [2.24, 2.45) is 0 Å². The topological polar surface area (TPSA) is 71.1 Å². The molecule has 0 bridgehead atoms. The largest absolute Gasteiger partial charge is 0.385 e. The highest BCUT2D eigenvalue weighted by molar-refractivity contribution is 7.88. The van der Waals surface area contributed by atoms with E-state index in [9.17, 15) is 8.42 Å². The van der Waals surface area contributed by atoms with Gasteiger partial charge in [-0.15, -0.1) is 0 Å². The van der Waals surface area contributed by atoms with Crippen molar-refractivity contribution in [3.05, 3.63) is 24.0 Å². The van der Waals surface area contributed by atoms with Gasteiger partial charge in [-0.1, -0.05) is 0 Å². The molecule has 0 unspecified atom stereocenters. The van der Waals surface area contributed by atoms with Crippen molar-refractivity contribution in [1.29, 1.82) is 0 Å². The number of aryl methyl sites for hydroxylation is 1. The second-order valence-electron chi connectivity index (χ2n) is 3.64. The molecular formula is C10H17N3O2S. The third kappa shape index (κ3) is 5.09. The Balaban J connectivity index is 2.24. The minimum Gasteiger partial charge on any atom is -0.385 e. The van der Waals surface area contributed by atoms with Gasteiger partial charge in [0, 0.05) is 31.2 Å². The Morgan fingerprint density at radius 3 is 2.75 bits per heavy atom. The molecule has 0 atom stereocenters. The first-order valence-corrected chi connectivity index (χ1v) is 6.97. The van der Waals surface area contributed by atoms with Gasteiger partial charge in [0.25, 0.3) is 0 Å². The first kappa shape index (κ1) is 12.9. The molecule has 0 saturated heterocycles. The predicted octanol–water partition coefficient (Wildman–Crippen LogP) is 0.741. The van der Waals surface area contributed by atoms with E-state index in [2.05, 4.69) is 15.0 Å². The molecule has 0 radical (unpaired) electrons. The SMILES string of the molecule is Cc1cnccc1NCCCNS(C)(=O)=O. The monoisotopic (exact) mass is 243 g/mol. The zero-order valence-corrected chi connectivity index (χ0v) is 10.3. The molecule has 90 valence electrons. The fraction of sp³-hybridized carbons (Fsp3) is 0.500. The molecule has 6 heteroatoms. The van der Waals surface area contributed by atoms with Crippen LogP contribution in [0.5, 0.6) is 0 Å². The summed E-state index contributed by atoms with van der Waals surface area (Å²) in [5.74, 6) is 0. The second-order valence-corrected chi connectivity index (χ2v) is 5.47. The van der Waals surface area contributed by atoms with Crippen molar-refractivity contribution < 1.29 is 8.42 Å². The average Bonchev–Trinajstić information content (AvgIpc) is 2.18. The lowest BCUT2D eigenvalue weighted by atomic mass is 10.2. The first-order chi connectivity index (χ1) is 7.49. The lowest BCUT2D eigenvalue weighted by Crippen LogP contribution is -2.24. The van der Waals surface area contributed by atoms with Crippen LogP contribution in [0.1, 0.15) is 12.0 Å². The highest BCUT2D eigenvalue weighted by Gasteiger charge is 1.99. The molecule has 0 fully saturated rings. The molecule has 0 spiro atoms. The summed E-state index contributed by atoms with van der Waals surface area (Å²) in [4.78, 5) is 3.99. The van der Waals surface area contributed by atoms with Crippen LogP contribution in [-0.4, -0.2) is 32.7 Å². The van der Waals surface area contributed by atoms with Crippen LogP contribution in [0.15, 0.2) is 18.5 Å². The molecule has 5 nitrogen and oxygen atoms in total. The van der Waals surface area contributed by atoms with Crippen LogP contribution in [0, 0.1) is 6.92 Å². The summed E-state index contributed by atoms with van der Waals surface area (Å²) in [6.45, 7) is 3.16. The molecule has 0 aliphatic rings. The number of nitrogens with one attached hydrogen (secondary N) is 2. The standard InChI is InChI=1S/C10H17N3O2S/c1-9-8-11-7-4-10(9)12-5-3-6-13-16(2,14)15/h4,7-8,13H,3,5-6H2,1-2H3,(H,11,12). The number of anilines is 1. The Morgan fingerprint density at radius 1 is 1.38 bits per heavy atom. The van der Waals surface area contributed by atoms with E-state index >= 15 is 0 Å². The van der Waals surface area contributed by atoms with Gasteiger partial charge in [-0.3, -0.25) is 4.98 Å². The van der Waals surface area contributed by atoms with Gasteiger partial charge in [0.2, 0.25) is 10.0 Å². The van der Waals surface area contributed by atoms with Gasteiger partial charge in [0.1, 0.15) is 0 Å². The predicted molar refractivity (Wildman–Crippen MR) is 64.9 cm³/mol. The Kier molecular flexibility index (Phi) is 4.70. The molecule has 0 aliphatic heterocycles. The molecule has 1 rings (SSSR count). The third-order valence-corrected chi connectivity index (χ3v) is 2.78. The summed E-state index contributed by atoms with van der Waals surface area (Å²) in [6, 6.07) is 1.90. The zero-order valence-electron chi connectivity index (χ0n) is 9.53. The highest BCUT2D eigenvalue weighted by Crippen LogP contribution is 2.10. The molecule has 0 saturated carbocycles. The number of pyridine rings is 1. The number of hydrogen-bond acceptors (Lipinski definition) is 4. The molecule has 0 aromatic carbocycles. The van der Waals surface area contributed by atoms with Crippen molar-refractivity contribution in [3.8, 4) is 0 Å². The molecule has 0 aliphatic carbocycles. The second kappa shape index (κ2) is 5.81. The maximum Gasteiger partial charge on any atom is 0.208 e. The summed E-state index contributed by atoms with van der Waals surface area (Å²) in [6.07, 6.45) is 5.42. The maximum absolute atomic E-state index is 10.8. The smallest absolute Gasteiger partial charge is 0.208 e. The van der Waals surface area contributed by atoms with Crippen molar-refractivity contribution in [3.63, 3.8) is 0 Å². The average molecular weight is 243 g/mol. The number of nitrogens with zero attached hydrogens (tertiary/aromatic N) is 1. The Bertz CT molecular complexity index is 431. The van der Waals surface area contributed by atoms with E-state index in [0.717, 1.165) is 30.5 Å². The summed E-state index contributed by atoms with van der Waals surface area (Å²) < 4.78 is 24.0. The van der Waals surface area contributed by atoms with E-state index in [1.807, 2.05) is 13.0 Å². The van der Waals surface area contributed by atoms with E-state index in [1.165, 1.54) is 0 Å². The molecule has 1 aromatic heterocycles. The van der Waals surface area contributed by atoms with Crippen molar-refractivity contribution in [2.75, 3.05) is 24.7 Å². The van der Waals surface area contributed by atoms with Gasteiger partial charge in [0.05, 0.1) is 6.26 Å². The Labute approximate surface area is 96.3 Å². The van der Waals surface area contributed by atoms with Crippen LogP contribution in [0.4, 0.5) is 5.69 Å². The van der Waals surface area contributed by atoms with Gasteiger partial charge >= 0.3 is 0 Å². The molecule has 0 amide bonds. The summed E-state index contributed by atoms with van der Waals surface area (Å²) in [5.41, 5.74) is 2.12. The number of hydrogen-bond donors (Lipinski definition) is 2. The zero-order chi connectivity index (χ0) is 12.0. The number of aromatic nitrogens is 1. The Hall–Kier alpha value is -1.14. The number of rotatable bonds is 6. The molecule has 16 heavy (non-hydrogen) atoms. The normalized spacial score (nSPS) is 11.4. The van der Waals surface area contributed by atoms with Gasteiger partial charge in [0.15, 0.2) is 0 Å². The van der Waals surface area contributed by atoms with Crippen molar-refractivity contribution in [1.82, 2.24) is 9.71 Å². The minimum absolute atomic E-state index is 0.454. The highest BCUT2D eigenvalue weighted by atomic mass is 32.2. The van der Waals surface area contributed by atoms with E-state index in [4.69, 9.17) is 0 Å². The lowest BCUT2D eigenvalue weighted by molar-refractivity contribution is 0.586.